The van der Waals surface area contributed by atoms with Crippen LogP contribution in [-0.2, 0) is 6.42 Å². The van der Waals surface area contributed by atoms with Crippen molar-refractivity contribution in [1.82, 2.24) is 0 Å². The Kier molecular flexibility index (Phi) is 3.46. The molecule has 1 rings (SSSR count). The first-order valence-electron chi connectivity index (χ1n) is 3.60. The van der Waals surface area contributed by atoms with Gasteiger partial charge in [0, 0.05) is 9.37 Å². The van der Waals surface area contributed by atoms with Crippen LogP contribution in [0, 0.1) is 0 Å². The smallest absolute Gasteiger partial charge is 0.0218 e. The number of hydrogen-bond acceptors (Lipinski definition) is 1. The van der Waals surface area contributed by atoms with Gasteiger partial charge in [0.05, 0.1) is 0 Å². The van der Waals surface area contributed by atoms with Gasteiger partial charge in [0.15, 0.2) is 0 Å². The van der Waals surface area contributed by atoms with Crippen molar-refractivity contribution in [2.24, 2.45) is 0 Å². The molecule has 0 saturated heterocycles. The zero-order valence-corrected chi connectivity index (χ0v) is 9.13. The summed E-state index contributed by atoms with van der Waals surface area (Å²) in [6.07, 6.45) is 3.18. The van der Waals surface area contributed by atoms with Gasteiger partial charge >= 0.3 is 0 Å². The van der Waals surface area contributed by atoms with Crippen LogP contribution in [0.2, 0.25) is 0 Å². The van der Waals surface area contributed by atoms with E-state index in [9.17, 15) is 0 Å². The third-order valence-corrected chi connectivity index (χ3v) is 3.10. The minimum atomic E-state index is 1.09. The van der Waals surface area contributed by atoms with Gasteiger partial charge in [0.25, 0.3) is 0 Å². The molecule has 0 unspecified atom stereocenters. The van der Waals surface area contributed by atoms with Crippen LogP contribution < -0.4 is 0 Å². The number of aryl methyl sites for hydroxylation is 1. The van der Waals surface area contributed by atoms with E-state index in [4.69, 9.17) is 0 Å². The third-order valence-electron chi connectivity index (χ3n) is 1.64. The molecule has 0 radical (unpaired) electrons. The van der Waals surface area contributed by atoms with Crippen molar-refractivity contribution < 1.29 is 0 Å². The summed E-state index contributed by atoms with van der Waals surface area (Å²) in [7, 11) is 0. The van der Waals surface area contributed by atoms with Gasteiger partial charge in [-0.2, -0.15) is 0 Å². The average molecular weight is 231 g/mol. The lowest BCUT2D eigenvalue weighted by Gasteiger charge is -2.02. The van der Waals surface area contributed by atoms with Crippen LogP contribution in [0.5, 0.6) is 0 Å². The Balaban J connectivity index is 2.99. The molecule has 60 valence electrons. The quantitative estimate of drug-likeness (QED) is 0.699. The van der Waals surface area contributed by atoms with E-state index in [1.54, 1.807) is 11.8 Å². The zero-order chi connectivity index (χ0) is 8.27. The monoisotopic (exact) mass is 230 g/mol. The number of thioether (sulfide) groups is 1. The first kappa shape index (κ1) is 9.14. The fourth-order valence-electron chi connectivity index (χ4n) is 0.942. The van der Waals surface area contributed by atoms with Crippen molar-refractivity contribution in [3.63, 3.8) is 0 Å². The van der Waals surface area contributed by atoms with E-state index in [1.807, 2.05) is 0 Å². The number of benzene rings is 1. The maximum absolute atomic E-state index is 3.53. The molecule has 0 N–H and O–H groups in total. The van der Waals surface area contributed by atoms with Crippen molar-refractivity contribution in [3.05, 3.63) is 28.2 Å². The summed E-state index contributed by atoms with van der Waals surface area (Å²) in [5, 5.41) is 0. The minimum absolute atomic E-state index is 1.09. The van der Waals surface area contributed by atoms with E-state index >= 15 is 0 Å². The van der Waals surface area contributed by atoms with E-state index in [1.165, 1.54) is 14.9 Å². The van der Waals surface area contributed by atoms with Gasteiger partial charge in [-0.15, -0.1) is 11.8 Å². The maximum atomic E-state index is 3.53. The molecular formula is C9H11BrS. The van der Waals surface area contributed by atoms with Gasteiger partial charge in [-0.1, -0.05) is 28.9 Å². The minimum Gasteiger partial charge on any atom is -0.130 e. The van der Waals surface area contributed by atoms with Gasteiger partial charge in [0.1, 0.15) is 0 Å². The molecule has 0 spiro atoms. The molecule has 0 atom stereocenters. The fraction of sp³-hybridized carbons (Fsp3) is 0.333. The summed E-state index contributed by atoms with van der Waals surface area (Å²) in [5.74, 6) is 0. The standard InChI is InChI=1S/C9H11BrS/c1-3-7-4-5-8(11-2)6-9(7)10/h4-6H,3H2,1-2H3. The predicted octanol–water partition coefficient (Wildman–Crippen LogP) is 3.73. The van der Waals surface area contributed by atoms with Gasteiger partial charge in [-0.05, 0) is 30.4 Å². The van der Waals surface area contributed by atoms with E-state index in [0.717, 1.165) is 6.42 Å². The second-order valence-corrected chi connectivity index (χ2v) is 4.04. The van der Waals surface area contributed by atoms with E-state index in [2.05, 4.69) is 47.3 Å². The Morgan fingerprint density at radius 1 is 1.45 bits per heavy atom. The Morgan fingerprint density at radius 3 is 2.64 bits per heavy atom. The number of halogens is 1. The molecule has 0 aliphatic rings. The lowest BCUT2D eigenvalue weighted by molar-refractivity contribution is 1.12. The number of hydrogen-bond donors (Lipinski definition) is 0. The Labute approximate surface area is 80.5 Å². The average Bonchev–Trinajstić information content (AvgIpc) is 2.04. The third kappa shape index (κ3) is 2.24. The molecule has 0 aliphatic carbocycles. The van der Waals surface area contributed by atoms with Crippen LogP contribution in [0.25, 0.3) is 0 Å². The molecule has 0 bridgehead atoms. The predicted molar refractivity (Wildman–Crippen MR) is 55.3 cm³/mol. The maximum Gasteiger partial charge on any atom is 0.0218 e. The molecular weight excluding hydrogens is 220 g/mol. The first-order chi connectivity index (χ1) is 5.27. The molecule has 1 aromatic carbocycles. The molecule has 2 heteroatoms. The molecule has 11 heavy (non-hydrogen) atoms. The van der Waals surface area contributed by atoms with Crippen molar-refractivity contribution >= 4 is 27.7 Å². The Bertz CT molecular complexity index is 245. The van der Waals surface area contributed by atoms with Crippen LogP contribution in [-0.4, -0.2) is 6.26 Å². The van der Waals surface area contributed by atoms with Crippen molar-refractivity contribution in [2.45, 2.75) is 18.2 Å². The molecule has 0 aromatic heterocycles. The second-order valence-electron chi connectivity index (χ2n) is 2.31. The van der Waals surface area contributed by atoms with Crippen LogP contribution >= 0.6 is 27.7 Å². The summed E-state index contributed by atoms with van der Waals surface area (Å²) >= 11 is 5.31. The lowest BCUT2D eigenvalue weighted by Crippen LogP contribution is -1.81. The van der Waals surface area contributed by atoms with Gasteiger partial charge in [-0.3, -0.25) is 0 Å². The van der Waals surface area contributed by atoms with Crippen LogP contribution in [0.4, 0.5) is 0 Å². The highest BCUT2D eigenvalue weighted by Crippen LogP contribution is 2.23. The van der Waals surface area contributed by atoms with Gasteiger partial charge < -0.3 is 0 Å². The summed E-state index contributed by atoms with van der Waals surface area (Å²) in [6, 6.07) is 6.51. The summed E-state index contributed by atoms with van der Waals surface area (Å²) < 4.78 is 1.23. The topological polar surface area (TPSA) is 0 Å². The summed E-state index contributed by atoms with van der Waals surface area (Å²) in [4.78, 5) is 1.31. The molecule has 0 saturated carbocycles. The van der Waals surface area contributed by atoms with Crippen LogP contribution in [0.1, 0.15) is 12.5 Å². The van der Waals surface area contributed by atoms with Crippen molar-refractivity contribution in [3.8, 4) is 0 Å². The Morgan fingerprint density at radius 2 is 2.18 bits per heavy atom. The van der Waals surface area contributed by atoms with E-state index < -0.39 is 0 Å². The molecule has 0 aliphatic heterocycles. The zero-order valence-electron chi connectivity index (χ0n) is 6.73. The normalized spacial score (nSPS) is 10.1. The van der Waals surface area contributed by atoms with Crippen LogP contribution in [0.3, 0.4) is 0 Å². The first-order valence-corrected chi connectivity index (χ1v) is 5.62. The Hall–Kier alpha value is 0.0500. The molecule has 0 fully saturated rings. The molecule has 0 nitrogen and oxygen atoms in total. The van der Waals surface area contributed by atoms with Crippen molar-refractivity contribution in [2.75, 3.05) is 6.26 Å². The number of rotatable bonds is 2. The SMILES string of the molecule is CCc1ccc(SC)cc1Br. The van der Waals surface area contributed by atoms with Gasteiger partial charge in [-0.25, -0.2) is 0 Å². The highest BCUT2D eigenvalue weighted by Gasteiger charge is 1.97. The molecule has 1 aromatic rings. The van der Waals surface area contributed by atoms with Crippen molar-refractivity contribution in [1.29, 1.82) is 0 Å². The molecule has 0 heterocycles. The van der Waals surface area contributed by atoms with Gasteiger partial charge in [0.2, 0.25) is 0 Å². The summed E-state index contributed by atoms with van der Waals surface area (Å²) in [5.41, 5.74) is 1.38. The highest BCUT2D eigenvalue weighted by atomic mass is 79.9. The second kappa shape index (κ2) is 4.17. The lowest BCUT2D eigenvalue weighted by atomic mass is 10.2. The molecule has 0 amide bonds. The largest absolute Gasteiger partial charge is 0.130 e. The van der Waals surface area contributed by atoms with E-state index in [0.29, 0.717) is 0 Å². The van der Waals surface area contributed by atoms with Crippen LogP contribution in [0.15, 0.2) is 27.6 Å². The highest BCUT2D eigenvalue weighted by molar-refractivity contribution is 9.10. The summed E-state index contributed by atoms with van der Waals surface area (Å²) in [6.45, 7) is 2.17. The fourth-order valence-corrected chi connectivity index (χ4v) is 2.19. The van der Waals surface area contributed by atoms with E-state index in [-0.39, 0.29) is 0 Å².